The van der Waals surface area contributed by atoms with Gasteiger partial charge in [0.25, 0.3) is 15.1 Å². The molecule has 0 spiro atoms. The lowest BCUT2D eigenvalue weighted by Gasteiger charge is -2.18. The number of anilines is 1. The van der Waals surface area contributed by atoms with E-state index in [1.54, 1.807) is 29.2 Å². The van der Waals surface area contributed by atoms with Crippen LogP contribution in [-0.2, 0) is 16.7 Å². The molecule has 4 rings (SSSR count). The summed E-state index contributed by atoms with van der Waals surface area (Å²) in [6.07, 6.45) is 9.89. The summed E-state index contributed by atoms with van der Waals surface area (Å²) in [4.78, 5) is 4.42. The Balaban J connectivity index is 1.64. The molecule has 0 radical (unpaired) electrons. The van der Waals surface area contributed by atoms with E-state index in [1.165, 1.54) is 4.90 Å². The average Bonchev–Trinajstić information content (AvgIpc) is 3.31. The highest BCUT2D eigenvalue weighted by Gasteiger charge is 2.30. The molecule has 3 heterocycles. The first-order valence-corrected chi connectivity index (χ1v) is 15.4. The highest BCUT2D eigenvalue weighted by molar-refractivity contribution is 8.03. The molecule has 0 bridgehead atoms. The number of thioether (sulfide) groups is 1. The molecule has 2 aliphatic heterocycles. The maximum absolute atomic E-state index is 11.1. The fourth-order valence-corrected chi connectivity index (χ4v) is 7.11. The number of hydrogen-bond donors (Lipinski definition) is 1. The Morgan fingerprint density at radius 2 is 2.11 bits per heavy atom. The summed E-state index contributed by atoms with van der Waals surface area (Å²) in [5, 5.41) is 2.87. The van der Waals surface area contributed by atoms with Crippen molar-refractivity contribution in [1.29, 1.82) is 0 Å². The number of unbranched alkanes of at least 4 members (excludes halogenated alkanes) is 1. The second kappa shape index (κ2) is 11.3. The predicted octanol–water partition coefficient (Wildman–Crippen LogP) is 6.59. The van der Waals surface area contributed by atoms with Gasteiger partial charge in [0.1, 0.15) is 4.88 Å². The van der Waals surface area contributed by atoms with Crippen molar-refractivity contribution in [2.24, 2.45) is 0 Å². The van der Waals surface area contributed by atoms with Crippen molar-refractivity contribution < 1.29 is 22.3 Å². The summed E-state index contributed by atoms with van der Waals surface area (Å²) >= 11 is 15.8. The molecule has 1 aromatic carbocycles. The van der Waals surface area contributed by atoms with Gasteiger partial charge >= 0.3 is 5.88 Å². The van der Waals surface area contributed by atoms with Crippen LogP contribution >= 0.6 is 46.3 Å². The van der Waals surface area contributed by atoms with Crippen molar-refractivity contribution in [3.63, 3.8) is 0 Å². The van der Waals surface area contributed by atoms with E-state index in [4.69, 9.17) is 32.5 Å². The number of fused-ring (bicyclic) bond motifs is 2. The molecule has 1 N–H and O–H groups in total. The zero-order valence-electron chi connectivity index (χ0n) is 19.4. The first-order chi connectivity index (χ1) is 16.7. The zero-order chi connectivity index (χ0) is 25.2. The van der Waals surface area contributed by atoms with Gasteiger partial charge in [-0.1, -0.05) is 53.2 Å². The number of ether oxygens (including phenoxy) is 1. The van der Waals surface area contributed by atoms with Crippen LogP contribution in [0.25, 0.3) is 12.2 Å². The monoisotopic (exact) mass is 573 g/mol. The van der Waals surface area contributed by atoms with E-state index in [0.29, 0.717) is 25.3 Å². The van der Waals surface area contributed by atoms with Gasteiger partial charge < -0.3 is 9.64 Å². The number of nitrogens with zero attached hydrogens (tertiary/aromatic N) is 2. The lowest BCUT2D eigenvalue weighted by Crippen LogP contribution is -2.38. The van der Waals surface area contributed by atoms with Gasteiger partial charge in [-0.25, -0.2) is 0 Å². The molecule has 0 saturated carbocycles. The number of allylic oxidation sites excluding steroid dienone is 2. The van der Waals surface area contributed by atoms with Crippen molar-refractivity contribution >= 4 is 74.3 Å². The summed E-state index contributed by atoms with van der Waals surface area (Å²) in [6, 6.07) is 5.98. The Kier molecular flexibility index (Phi) is 8.56. The molecule has 0 fully saturated rings. The highest BCUT2D eigenvalue weighted by Crippen LogP contribution is 2.47. The Morgan fingerprint density at radius 3 is 2.83 bits per heavy atom. The van der Waals surface area contributed by atoms with Gasteiger partial charge in [0.05, 0.1) is 16.5 Å². The number of aromatic nitrogens is 1. The van der Waals surface area contributed by atoms with Crippen LogP contribution in [-0.4, -0.2) is 30.8 Å². The third kappa shape index (κ3) is 6.45. The molecule has 0 saturated heterocycles. The minimum absolute atomic E-state index is 0.259. The lowest BCUT2D eigenvalue weighted by molar-refractivity contribution is -0.699. The Bertz CT molecular complexity index is 1300. The predicted molar refractivity (Wildman–Crippen MR) is 146 cm³/mol. The highest BCUT2D eigenvalue weighted by atomic mass is 35.5. The average molecular weight is 575 g/mol. The van der Waals surface area contributed by atoms with Gasteiger partial charge in [-0.05, 0) is 61.8 Å². The Morgan fingerprint density at radius 1 is 1.31 bits per heavy atom. The summed E-state index contributed by atoms with van der Waals surface area (Å²) in [7, 11) is -3.98. The van der Waals surface area contributed by atoms with Gasteiger partial charge in [-0.3, -0.25) is 4.55 Å². The molecular weight excluding hydrogens is 547 g/mol. The van der Waals surface area contributed by atoms with E-state index < -0.39 is 15.7 Å². The van der Waals surface area contributed by atoms with Crippen LogP contribution in [0.2, 0.25) is 5.02 Å². The number of halogens is 2. The fraction of sp³-hybridized carbons (Fsp3) is 0.375. The Labute approximate surface area is 224 Å². The second-order valence-electron chi connectivity index (χ2n) is 8.10. The van der Waals surface area contributed by atoms with E-state index in [-0.39, 0.29) is 5.75 Å². The summed E-state index contributed by atoms with van der Waals surface area (Å²) in [5.74, 6) is 0.427. The SMILES string of the molecule is CCC(=Cc1sc2c([n+]1CCCCS(=O)(=O)O)OC(Cl)C=C2)C=C1Sc2ccc(Cl)cc2N1CC. The van der Waals surface area contributed by atoms with Gasteiger partial charge in [0.2, 0.25) is 0 Å². The van der Waals surface area contributed by atoms with Crippen LogP contribution in [0.3, 0.4) is 0 Å². The van der Waals surface area contributed by atoms with Gasteiger partial charge in [0.15, 0.2) is 12.1 Å². The van der Waals surface area contributed by atoms with Gasteiger partial charge in [0, 0.05) is 29.0 Å². The van der Waals surface area contributed by atoms with Crippen LogP contribution in [0, 0.1) is 0 Å². The molecule has 11 heteroatoms. The van der Waals surface area contributed by atoms with Crippen LogP contribution in [0.1, 0.15) is 43.0 Å². The summed E-state index contributed by atoms with van der Waals surface area (Å²) < 4.78 is 39.2. The first-order valence-electron chi connectivity index (χ1n) is 11.4. The molecule has 1 unspecified atom stereocenters. The standard InChI is InChI=1S/C24H26Cl2N2O4S3/c1-3-16(13-22-27(4-2)18-15-17(25)7-8-19(18)33-22)14-23-28(11-5-6-12-35(29,30)31)24-20(34-23)9-10-21(26)32-24/h7-10,13-15,21H,3-6,11-12H2,1-2H3/p+1. The van der Waals surface area contributed by atoms with Crippen molar-refractivity contribution in [1.82, 2.24) is 0 Å². The summed E-state index contributed by atoms with van der Waals surface area (Å²) in [5.41, 5.74) is 1.73. The maximum Gasteiger partial charge on any atom is 0.388 e. The van der Waals surface area contributed by atoms with Crippen LogP contribution in [0.5, 0.6) is 5.88 Å². The van der Waals surface area contributed by atoms with Crippen molar-refractivity contribution in [3.8, 4) is 5.88 Å². The summed E-state index contributed by atoms with van der Waals surface area (Å²) in [6.45, 7) is 5.63. The van der Waals surface area contributed by atoms with E-state index in [2.05, 4.69) is 37.0 Å². The molecule has 0 aliphatic carbocycles. The molecule has 1 aromatic heterocycles. The normalized spacial score (nSPS) is 18.7. The number of rotatable bonds is 9. The van der Waals surface area contributed by atoms with Crippen LogP contribution < -0.4 is 14.2 Å². The molecule has 2 aliphatic rings. The van der Waals surface area contributed by atoms with E-state index in [1.807, 2.05) is 22.8 Å². The maximum atomic E-state index is 11.1. The van der Waals surface area contributed by atoms with Gasteiger partial charge in [-0.15, -0.1) is 0 Å². The van der Waals surface area contributed by atoms with Gasteiger partial charge in [-0.2, -0.15) is 13.0 Å². The molecular formula is C24H27Cl2N2O4S3+. The smallest absolute Gasteiger partial charge is 0.388 e. The molecule has 35 heavy (non-hydrogen) atoms. The second-order valence-corrected chi connectivity index (χ2v) is 12.7. The van der Waals surface area contributed by atoms with Crippen LogP contribution in [0.4, 0.5) is 5.69 Å². The lowest BCUT2D eigenvalue weighted by atomic mass is 10.2. The molecule has 188 valence electrons. The van der Waals surface area contributed by atoms with E-state index >= 15 is 0 Å². The first kappa shape index (κ1) is 26.6. The fourth-order valence-electron chi connectivity index (χ4n) is 3.92. The number of thiazole rings is 1. The molecule has 6 nitrogen and oxygen atoms in total. The molecule has 1 atom stereocenters. The molecule has 0 amide bonds. The minimum atomic E-state index is -3.98. The van der Waals surface area contributed by atoms with E-state index in [0.717, 1.165) is 44.2 Å². The zero-order valence-corrected chi connectivity index (χ0v) is 23.4. The minimum Gasteiger partial charge on any atom is -0.420 e. The van der Waals surface area contributed by atoms with Crippen LogP contribution in [0.15, 0.2) is 45.8 Å². The number of alkyl halides is 1. The third-order valence-electron chi connectivity index (χ3n) is 5.63. The quantitative estimate of drug-likeness (QED) is 0.158. The van der Waals surface area contributed by atoms with Crippen molar-refractivity contribution in [3.05, 3.63) is 55.9 Å². The van der Waals surface area contributed by atoms with Crippen molar-refractivity contribution in [2.45, 2.75) is 50.1 Å². The third-order valence-corrected chi connectivity index (χ3v) is 9.09. The van der Waals surface area contributed by atoms with E-state index in [9.17, 15) is 8.42 Å². The van der Waals surface area contributed by atoms with Crippen molar-refractivity contribution in [2.75, 3.05) is 17.2 Å². The Hall–Kier alpha value is -1.49. The topological polar surface area (TPSA) is 70.7 Å². The largest absolute Gasteiger partial charge is 0.420 e. The molecule has 2 aromatic rings. The number of benzene rings is 1. The number of hydrogen-bond acceptors (Lipinski definition) is 6.